The summed E-state index contributed by atoms with van der Waals surface area (Å²) in [6.45, 7) is 14.1. The Morgan fingerprint density at radius 3 is 2.84 bits per heavy atom. The Balaban J connectivity index is 1.20. The van der Waals surface area contributed by atoms with E-state index in [4.69, 9.17) is 14.2 Å². The topological polar surface area (TPSA) is 48.0 Å². The van der Waals surface area contributed by atoms with Crippen LogP contribution >= 0.6 is 0 Å². The number of carbonyl (C=O) groups excluding carboxylic acids is 1. The smallest absolute Gasteiger partial charge is 0.136 e. The Hall–Kier alpha value is -1.01. The van der Waals surface area contributed by atoms with E-state index < -0.39 is 0 Å². The van der Waals surface area contributed by atoms with Crippen molar-refractivity contribution >= 4 is 5.78 Å². The third-order valence-corrected chi connectivity index (χ3v) is 12.1. The molecule has 2 saturated heterocycles. The quantitative estimate of drug-likeness (QED) is 0.316. The predicted molar refractivity (Wildman–Crippen MR) is 150 cm³/mol. The molecule has 4 fully saturated rings. The first-order chi connectivity index (χ1) is 18.3. The molecule has 0 unspecified atom stereocenters. The van der Waals surface area contributed by atoms with Gasteiger partial charge in [-0.05, 0) is 81.0 Å². The highest BCUT2D eigenvalue weighted by atomic mass is 16.5. The van der Waals surface area contributed by atoms with Crippen LogP contribution in [0.4, 0.5) is 0 Å². The largest absolute Gasteiger partial charge is 0.382 e. The van der Waals surface area contributed by atoms with Crippen LogP contribution in [0.2, 0.25) is 0 Å². The molecule has 2 aliphatic heterocycles. The second-order valence-corrected chi connectivity index (χ2v) is 14.1. The molecule has 5 nitrogen and oxygen atoms in total. The molecule has 2 heterocycles. The number of methoxy groups -OCH3 is 1. The number of ether oxygens (including phenoxy) is 3. The van der Waals surface area contributed by atoms with Gasteiger partial charge in [0.2, 0.25) is 0 Å². The van der Waals surface area contributed by atoms with Crippen molar-refractivity contribution < 1.29 is 19.0 Å². The first kappa shape index (κ1) is 27.2. The molecule has 5 heteroatoms. The van der Waals surface area contributed by atoms with E-state index in [2.05, 4.69) is 38.7 Å². The lowest BCUT2D eigenvalue weighted by atomic mass is 9.57. The van der Waals surface area contributed by atoms with Gasteiger partial charge in [0.15, 0.2) is 0 Å². The molecule has 4 aliphatic carbocycles. The highest BCUT2D eigenvalue weighted by molar-refractivity contribution is 5.82. The van der Waals surface area contributed by atoms with Gasteiger partial charge in [0.1, 0.15) is 5.78 Å². The van der Waals surface area contributed by atoms with Crippen LogP contribution in [-0.4, -0.2) is 68.4 Å². The summed E-state index contributed by atoms with van der Waals surface area (Å²) in [5.74, 6) is 3.82. The number of piperidine rings is 1. The van der Waals surface area contributed by atoms with E-state index in [9.17, 15) is 4.79 Å². The average Bonchev–Trinajstić information content (AvgIpc) is 3.34. The molecule has 6 rings (SSSR count). The Labute approximate surface area is 230 Å². The lowest BCUT2D eigenvalue weighted by Gasteiger charge is -2.47. The third kappa shape index (κ3) is 4.48. The van der Waals surface area contributed by atoms with E-state index in [0.717, 1.165) is 50.8 Å². The molecular weight excluding hydrogens is 474 g/mol. The fraction of sp³-hybridized carbons (Fsp3) is 0.848. The summed E-state index contributed by atoms with van der Waals surface area (Å²) in [4.78, 5) is 14.9. The molecular formula is C33H51NO4. The number of rotatable bonds is 6. The van der Waals surface area contributed by atoms with Gasteiger partial charge in [-0.1, -0.05) is 43.6 Å². The van der Waals surface area contributed by atoms with E-state index in [-0.39, 0.29) is 11.0 Å². The number of hydrogen-bond acceptors (Lipinski definition) is 5. The number of hydrogen-bond donors (Lipinski definition) is 0. The standard InChI is InChI=1S/C33H51NO4/c1-21-16-30-31(34(20-21)12-13-37-15-14-36-5)23(3)33(38-30)11-9-26-27-7-6-24-17-25(35)8-10-32(24,4)29(27)18-28(26)22(2)19-33/h6,21,23,26-27,29-31H,7-20H2,1-5H3/t21-,23+,26-,27-,29-,30+,31-,32-,33-/m0/s1. The monoisotopic (exact) mass is 525 g/mol. The van der Waals surface area contributed by atoms with Crippen LogP contribution < -0.4 is 0 Å². The zero-order valence-electron chi connectivity index (χ0n) is 24.6. The Morgan fingerprint density at radius 1 is 1.18 bits per heavy atom. The van der Waals surface area contributed by atoms with Crippen molar-refractivity contribution in [1.29, 1.82) is 0 Å². The second kappa shape index (κ2) is 10.4. The second-order valence-electron chi connectivity index (χ2n) is 14.1. The molecule has 9 atom stereocenters. The lowest BCUT2D eigenvalue weighted by molar-refractivity contribution is -0.121. The number of ketones is 1. The van der Waals surface area contributed by atoms with Gasteiger partial charge < -0.3 is 14.2 Å². The molecule has 1 spiro atoms. The lowest BCUT2D eigenvalue weighted by Crippen LogP contribution is -2.52. The Kier molecular flexibility index (Phi) is 7.46. The van der Waals surface area contributed by atoms with Crippen LogP contribution in [0.3, 0.4) is 0 Å². The van der Waals surface area contributed by atoms with Gasteiger partial charge in [0, 0.05) is 45.0 Å². The molecule has 38 heavy (non-hydrogen) atoms. The summed E-state index contributed by atoms with van der Waals surface area (Å²) in [6, 6.07) is 0.500. The summed E-state index contributed by atoms with van der Waals surface area (Å²) in [5.41, 5.74) is 5.09. The minimum Gasteiger partial charge on any atom is -0.382 e. The maximum absolute atomic E-state index is 12.2. The van der Waals surface area contributed by atoms with Gasteiger partial charge in [0.25, 0.3) is 0 Å². The number of carbonyl (C=O) groups is 1. The van der Waals surface area contributed by atoms with Gasteiger partial charge >= 0.3 is 0 Å². The zero-order chi connectivity index (χ0) is 26.7. The minimum atomic E-state index is -0.0255. The molecule has 0 aromatic carbocycles. The molecule has 0 N–H and O–H groups in total. The first-order valence-corrected chi connectivity index (χ1v) is 15.6. The van der Waals surface area contributed by atoms with E-state index in [1.165, 1.54) is 37.7 Å². The van der Waals surface area contributed by atoms with Crippen LogP contribution in [-0.2, 0) is 19.0 Å². The van der Waals surface area contributed by atoms with Gasteiger partial charge in [0.05, 0.1) is 31.5 Å². The predicted octanol–water partition coefficient (Wildman–Crippen LogP) is 5.98. The molecule has 6 aliphatic rings. The third-order valence-electron chi connectivity index (χ3n) is 12.1. The van der Waals surface area contributed by atoms with Gasteiger partial charge in [-0.15, -0.1) is 0 Å². The van der Waals surface area contributed by atoms with Crippen LogP contribution in [0.25, 0.3) is 0 Å². The van der Waals surface area contributed by atoms with E-state index >= 15 is 0 Å². The van der Waals surface area contributed by atoms with Crippen molar-refractivity contribution in [2.75, 3.05) is 40.0 Å². The van der Waals surface area contributed by atoms with Crippen molar-refractivity contribution in [3.05, 3.63) is 22.8 Å². The molecule has 0 radical (unpaired) electrons. The van der Waals surface area contributed by atoms with Crippen molar-refractivity contribution in [2.24, 2.45) is 35.0 Å². The maximum Gasteiger partial charge on any atom is 0.136 e. The SMILES string of the molecule is COCCOCCN1C[C@@H](C)C[C@H]2O[C@]3(CC[C@@H]4C(=C(C)C3)C[C@H]3[C@H]4CC=C4CC(=O)CC[C@@]43C)[C@H](C)[C@@H]21. The normalized spacial score (nSPS) is 44.9. The van der Waals surface area contributed by atoms with Crippen LogP contribution in [0.5, 0.6) is 0 Å². The summed E-state index contributed by atoms with van der Waals surface area (Å²) in [6.07, 6.45) is 12.6. The van der Waals surface area contributed by atoms with Crippen molar-refractivity contribution in [1.82, 2.24) is 4.90 Å². The highest BCUT2D eigenvalue weighted by Gasteiger charge is 2.59. The summed E-state index contributed by atoms with van der Waals surface area (Å²) < 4.78 is 18.3. The number of nitrogens with zero attached hydrogens (tertiary/aromatic N) is 1. The van der Waals surface area contributed by atoms with Crippen molar-refractivity contribution in [3.8, 4) is 0 Å². The van der Waals surface area contributed by atoms with Gasteiger partial charge in [-0.3, -0.25) is 9.69 Å². The molecule has 2 saturated carbocycles. The van der Waals surface area contributed by atoms with E-state index in [0.29, 0.717) is 55.3 Å². The van der Waals surface area contributed by atoms with E-state index in [1.54, 1.807) is 18.3 Å². The Morgan fingerprint density at radius 2 is 2.03 bits per heavy atom. The van der Waals surface area contributed by atoms with Crippen molar-refractivity contribution in [3.63, 3.8) is 0 Å². The summed E-state index contributed by atoms with van der Waals surface area (Å²) >= 11 is 0. The maximum atomic E-state index is 12.2. The average molecular weight is 526 g/mol. The number of Topliss-reactive ketones (excluding diaryl/α,β-unsaturated/α-hetero) is 1. The summed E-state index contributed by atoms with van der Waals surface area (Å²) in [5, 5.41) is 0. The van der Waals surface area contributed by atoms with Gasteiger partial charge in [-0.2, -0.15) is 0 Å². The molecule has 212 valence electrons. The number of allylic oxidation sites excluding steroid dienone is 3. The van der Waals surface area contributed by atoms with Gasteiger partial charge in [-0.25, -0.2) is 0 Å². The Bertz CT molecular complexity index is 987. The minimum absolute atomic E-state index is 0.0255. The number of fused-ring (bicyclic) bond motifs is 6. The fourth-order valence-corrected chi connectivity index (χ4v) is 10.1. The summed E-state index contributed by atoms with van der Waals surface area (Å²) in [7, 11) is 1.73. The van der Waals surface area contributed by atoms with E-state index in [1.807, 2.05) is 0 Å². The first-order valence-electron chi connectivity index (χ1n) is 15.6. The highest BCUT2D eigenvalue weighted by Crippen LogP contribution is 2.63. The molecule has 0 aromatic heterocycles. The van der Waals surface area contributed by atoms with Crippen molar-refractivity contribution in [2.45, 2.75) is 103 Å². The molecule has 0 aromatic rings. The van der Waals surface area contributed by atoms with Crippen LogP contribution in [0.1, 0.15) is 85.5 Å². The molecule has 0 bridgehead atoms. The number of likely N-dealkylation sites (tertiary alicyclic amines) is 1. The molecule has 0 amide bonds. The van der Waals surface area contributed by atoms with Crippen LogP contribution in [0.15, 0.2) is 22.8 Å². The zero-order valence-corrected chi connectivity index (χ0v) is 24.6. The van der Waals surface area contributed by atoms with Crippen LogP contribution in [0, 0.1) is 35.0 Å². The fourth-order valence-electron chi connectivity index (χ4n) is 10.1.